The van der Waals surface area contributed by atoms with Gasteiger partial charge in [0, 0.05) is 22.2 Å². The van der Waals surface area contributed by atoms with Gasteiger partial charge in [-0.2, -0.15) is 8.78 Å². The average Bonchev–Trinajstić information content (AvgIpc) is 2.53. The van der Waals surface area contributed by atoms with Gasteiger partial charge in [-0.05, 0) is 46.6 Å². The van der Waals surface area contributed by atoms with E-state index in [1.54, 1.807) is 12.1 Å². The minimum Gasteiger partial charge on any atom is -0.434 e. The summed E-state index contributed by atoms with van der Waals surface area (Å²) in [7, 11) is 0. The minimum absolute atomic E-state index is 0.0149. The van der Waals surface area contributed by atoms with Crippen molar-refractivity contribution in [1.82, 2.24) is 9.97 Å². The first-order valence-corrected chi connectivity index (χ1v) is 8.04. The van der Waals surface area contributed by atoms with Gasteiger partial charge in [-0.1, -0.05) is 17.7 Å². The van der Waals surface area contributed by atoms with Crippen LogP contribution in [0.1, 0.15) is 5.56 Å². The molecule has 124 valence electrons. The van der Waals surface area contributed by atoms with E-state index in [1.807, 2.05) is 19.1 Å². The molecule has 0 aliphatic heterocycles. The van der Waals surface area contributed by atoms with E-state index < -0.39 is 6.61 Å². The Hall–Kier alpha value is -1.99. The number of alkyl halides is 2. The Kier molecular flexibility index (Phi) is 4.82. The molecule has 0 saturated heterocycles. The summed E-state index contributed by atoms with van der Waals surface area (Å²) in [6, 6.07) is 8.56. The Labute approximate surface area is 150 Å². The second-order valence-corrected chi connectivity index (χ2v) is 6.20. The third kappa shape index (κ3) is 3.42. The molecule has 1 aromatic heterocycles. The van der Waals surface area contributed by atoms with Crippen molar-refractivity contribution in [2.75, 3.05) is 5.32 Å². The Bertz CT molecular complexity index is 908. The number of nitrogens with zero attached hydrogens (tertiary/aromatic N) is 2. The standard InChI is InChI=1S/C16H11BrClF2N3O/c1-8-11(18)3-2-4-12(8)23-15-9-5-10(17)14(24-16(19)20)6-13(9)21-7-22-15/h2-7,16H,1H3,(H,21,22,23). The van der Waals surface area contributed by atoms with Crippen molar-refractivity contribution in [1.29, 1.82) is 0 Å². The zero-order valence-electron chi connectivity index (χ0n) is 12.4. The van der Waals surface area contributed by atoms with Gasteiger partial charge in [0.25, 0.3) is 0 Å². The maximum Gasteiger partial charge on any atom is 0.387 e. The molecule has 0 aliphatic rings. The lowest BCUT2D eigenvalue weighted by atomic mass is 10.2. The van der Waals surface area contributed by atoms with E-state index in [1.165, 1.54) is 12.4 Å². The first-order chi connectivity index (χ1) is 11.5. The first kappa shape index (κ1) is 16.9. The van der Waals surface area contributed by atoms with Crippen LogP contribution >= 0.6 is 27.5 Å². The normalized spacial score (nSPS) is 11.1. The fourth-order valence-electron chi connectivity index (χ4n) is 2.21. The van der Waals surface area contributed by atoms with E-state index in [4.69, 9.17) is 11.6 Å². The van der Waals surface area contributed by atoms with Crippen molar-refractivity contribution in [2.45, 2.75) is 13.5 Å². The molecule has 2 aromatic carbocycles. The molecular weight excluding hydrogens is 404 g/mol. The molecule has 8 heteroatoms. The molecule has 3 aromatic rings. The lowest BCUT2D eigenvalue weighted by molar-refractivity contribution is -0.0502. The highest BCUT2D eigenvalue weighted by atomic mass is 79.9. The molecule has 4 nitrogen and oxygen atoms in total. The molecule has 0 fully saturated rings. The minimum atomic E-state index is -2.91. The molecule has 0 bridgehead atoms. The molecule has 0 unspecified atom stereocenters. The lowest BCUT2D eigenvalue weighted by Gasteiger charge is -2.13. The summed E-state index contributed by atoms with van der Waals surface area (Å²) in [6.07, 6.45) is 1.35. The van der Waals surface area contributed by atoms with E-state index in [9.17, 15) is 8.78 Å². The fraction of sp³-hybridized carbons (Fsp3) is 0.125. The molecule has 0 amide bonds. The first-order valence-electron chi connectivity index (χ1n) is 6.87. The van der Waals surface area contributed by atoms with Crippen LogP contribution in [0.25, 0.3) is 10.9 Å². The molecule has 3 rings (SSSR count). The summed E-state index contributed by atoms with van der Waals surface area (Å²) >= 11 is 9.35. The van der Waals surface area contributed by atoms with Crippen molar-refractivity contribution in [2.24, 2.45) is 0 Å². The van der Waals surface area contributed by atoms with Gasteiger partial charge in [0.2, 0.25) is 0 Å². The van der Waals surface area contributed by atoms with Crippen LogP contribution in [0.2, 0.25) is 5.02 Å². The summed E-state index contributed by atoms with van der Waals surface area (Å²) in [5.74, 6) is 0.552. The zero-order chi connectivity index (χ0) is 17.3. The highest BCUT2D eigenvalue weighted by Gasteiger charge is 2.13. The van der Waals surface area contributed by atoms with E-state index in [0.29, 0.717) is 26.2 Å². The topological polar surface area (TPSA) is 47.0 Å². The maximum absolute atomic E-state index is 12.4. The summed E-state index contributed by atoms with van der Waals surface area (Å²) in [4.78, 5) is 8.34. The molecule has 0 atom stereocenters. The van der Waals surface area contributed by atoms with Crippen LogP contribution in [-0.2, 0) is 0 Å². The Morgan fingerprint density at radius 1 is 1.25 bits per heavy atom. The Balaban J connectivity index is 2.06. The Morgan fingerprint density at radius 3 is 2.79 bits per heavy atom. The number of nitrogens with one attached hydrogen (secondary N) is 1. The molecule has 0 aliphatic carbocycles. The number of rotatable bonds is 4. The van der Waals surface area contributed by atoms with Crippen LogP contribution in [-0.4, -0.2) is 16.6 Å². The van der Waals surface area contributed by atoms with Crippen LogP contribution < -0.4 is 10.1 Å². The van der Waals surface area contributed by atoms with E-state index in [0.717, 1.165) is 11.3 Å². The third-order valence-corrected chi connectivity index (χ3v) is 4.45. The average molecular weight is 415 g/mol. The number of hydrogen-bond acceptors (Lipinski definition) is 4. The number of fused-ring (bicyclic) bond motifs is 1. The molecule has 24 heavy (non-hydrogen) atoms. The van der Waals surface area contributed by atoms with Gasteiger partial charge in [-0.15, -0.1) is 0 Å². The van der Waals surface area contributed by atoms with Crippen LogP contribution in [0.15, 0.2) is 41.1 Å². The molecule has 0 saturated carbocycles. The van der Waals surface area contributed by atoms with E-state index in [-0.39, 0.29) is 5.75 Å². The predicted molar refractivity (Wildman–Crippen MR) is 93.3 cm³/mol. The van der Waals surface area contributed by atoms with Crippen molar-refractivity contribution in [3.63, 3.8) is 0 Å². The van der Waals surface area contributed by atoms with Crippen LogP contribution in [0.4, 0.5) is 20.3 Å². The quantitative estimate of drug-likeness (QED) is 0.595. The highest BCUT2D eigenvalue weighted by molar-refractivity contribution is 9.10. The van der Waals surface area contributed by atoms with Gasteiger partial charge < -0.3 is 10.1 Å². The van der Waals surface area contributed by atoms with Crippen LogP contribution in [0.3, 0.4) is 0 Å². The van der Waals surface area contributed by atoms with Gasteiger partial charge in [0.05, 0.1) is 9.99 Å². The largest absolute Gasteiger partial charge is 0.434 e. The summed E-state index contributed by atoms with van der Waals surface area (Å²) < 4.78 is 29.8. The van der Waals surface area contributed by atoms with Gasteiger partial charge in [-0.25, -0.2) is 9.97 Å². The fourth-order valence-corrected chi connectivity index (χ4v) is 2.83. The van der Waals surface area contributed by atoms with Gasteiger partial charge >= 0.3 is 6.61 Å². The number of ether oxygens (including phenoxy) is 1. The molecule has 0 spiro atoms. The van der Waals surface area contributed by atoms with Gasteiger partial charge in [0.1, 0.15) is 17.9 Å². The van der Waals surface area contributed by atoms with Crippen LogP contribution in [0.5, 0.6) is 5.75 Å². The summed E-state index contributed by atoms with van der Waals surface area (Å²) in [6.45, 7) is -1.02. The summed E-state index contributed by atoms with van der Waals surface area (Å²) in [5.41, 5.74) is 2.15. The van der Waals surface area contributed by atoms with Crippen molar-refractivity contribution in [3.8, 4) is 5.75 Å². The predicted octanol–water partition coefficient (Wildman–Crippen LogP) is 5.70. The van der Waals surface area contributed by atoms with Gasteiger partial charge in [-0.3, -0.25) is 0 Å². The number of aromatic nitrogens is 2. The van der Waals surface area contributed by atoms with E-state index in [2.05, 4.69) is 36.0 Å². The Morgan fingerprint density at radius 2 is 2.04 bits per heavy atom. The van der Waals surface area contributed by atoms with Crippen LogP contribution in [0, 0.1) is 6.92 Å². The SMILES string of the molecule is Cc1c(Cl)cccc1Nc1ncnc2cc(OC(F)F)c(Br)cc12. The molecular formula is C16H11BrClF2N3O. The van der Waals surface area contributed by atoms with Crippen molar-refractivity contribution in [3.05, 3.63) is 51.7 Å². The second-order valence-electron chi connectivity index (χ2n) is 4.94. The zero-order valence-corrected chi connectivity index (χ0v) is 14.7. The molecule has 0 radical (unpaired) electrons. The smallest absolute Gasteiger partial charge is 0.387 e. The van der Waals surface area contributed by atoms with E-state index >= 15 is 0 Å². The summed E-state index contributed by atoms with van der Waals surface area (Å²) in [5, 5.41) is 4.49. The number of anilines is 2. The van der Waals surface area contributed by atoms with Crippen molar-refractivity contribution < 1.29 is 13.5 Å². The number of halogens is 4. The van der Waals surface area contributed by atoms with Crippen molar-refractivity contribution >= 4 is 49.9 Å². The highest BCUT2D eigenvalue weighted by Crippen LogP contribution is 2.34. The second kappa shape index (κ2) is 6.86. The number of hydrogen-bond donors (Lipinski definition) is 1. The monoisotopic (exact) mass is 413 g/mol. The molecule has 1 heterocycles. The molecule has 1 N–H and O–H groups in total. The maximum atomic E-state index is 12.4. The number of benzene rings is 2. The lowest BCUT2D eigenvalue weighted by Crippen LogP contribution is -2.03. The third-order valence-electron chi connectivity index (χ3n) is 3.43. The van der Waals surface area contributed by atoms with Gasteiger partial charge in [0.15, 0.2) is 0 Å².